The molecule has 1 heterocycles. The van der Waals surface area contributed by atoms with Crippen LogP contribution in [0.25, 0.3) is 0 Å². The van der Waals surface area contributed by atoms with E-state index in [0.717, 1.165) is 18.7 Å². The van der Waals surface area contributed by atoms with E-state index in [1.165, 1.54) is 0 Å². The van der Waals surface area contributed by atoms with E-state index in [2.05, 4.69) is 17.1 Å². The van der Waals surface area contributed by atoms with Crippen LogP contribution >= 0.6 is 0 Å². The zero-order chi connectivity index (χ0) is 11.3. The first-order valence-electron chi connectivity index (χ1n) is 5.30. The topological polar surface area (TPSA) is 62.4 Å². The van der Waals surface area contributed by atoms with Gasteiger partial charge in [-0.25, -0.2) is 0 Å². The molecule has 5 nitrogen and oxygen atoms in total. The van der Waals surface area contributed by atoms with E-state index in [0.29, 0.717) is 19.0 Å². The van der Waals surface area contributed by atoms with E-state index in [4.69, 9.17) is 4.52 Å². The van der Waals surface area contributed by atoms with Crippen LogP contribution < -0.4 is 0 Å². The predicted octanol–water partition coefficient (Wildman–Crippen LogP) is 0.835. The van der Waals surface area contributed by atoms with Crippen molar-refractivity contribution in [2.45, 2.75) is 39.3 Å². The lowest BCUT2D eigenvalue weighted by molar-refractivity contribution is 0.131. The maximum Gasteiger partial charge on any atom is 0.240 e. The minimum absolute atomic E-state index is 0.340. The van der Waals surface area contributed by atoms with Gasteiger partial charge >= 0.3 is 0 Å². The molecule has 0 aliphatic rings. The highest BCUT2D eigenvalue weighted by atomic mass is 16.5. The second-order valence-electron chi connectivity index (χ2n) is 3.90. The fourth-order valence-corrected chi connectivity index (χ4v) is 1.43. The molecule has 0 bridgehead atoms. The Kier molecular flexibility index (Phi) is 4.71. The minimum Gasteiger partial charge on any atom is -0.392 e. The molecule has 0 spiro atoms. The average molecular weight is 213 g/mol. The van der Waals surface area contributed by atoms with Gasteiger partial charge < -0.3 is 9.63 Å². The van der Waals surface area contributed by atoms with Gasteiger partial charge in [-0.1, -0.05) is 12.1 Å². The Bertz CT molecular complexity index is 286. The predicted molar refractivity (Wildman–Crippen MR) is 56.3 cm³/mol. The number of likely N-dealkylation sites (N-methyl/N-ethyl adjacent to an activating group) is 1. The van der Waals surface area contributed by atoms with Gasteiger partial charge in [0, 0.05) is 13.0 Å². The highest BCUT2D eigenvalue weighted by molar-refractivity contribution is 4.86. The first kappa shape index (κ1) is 12.1. The Morgan fingerprint density at radius 2 is 2.27 bits per heavy atom. The third-order valence-corrected chi connectivity index (χ3v) is 1.96. The summed E-state index contributed by atoms with van der Waals surface area (Å²) in [5.41, 5.74) is 0. The SMILES string of the molecule is CCCc1noc(CN(C)CC(C)O)n1. The van der Waals surface area contributed by atoms with E-state index in [1.807, 2.05) is 11.9 Å². The summed E-state index contributed by atoms with van der Waals surface area (Å²) in [4.78, 5) is 6.20. The van der Waals surface area contributed by atoms with Crippen molar-refractivity contribution in [2.24, 2.45) is 0 Å². The molecule has 0 radical (unpaired) electrons. The molecule has 1 atom stereocenters. The molecule has 0 fully saturated rings. The second kappa shape index (κ2) is 5.82. The van der Waals surface area contributed by atoms with Crippen LogP contribution in [0.4, 0.5) is 0 Å². The van der Waals surface area contributed by atoms with Crippen molar-refractivity contribution in [2.75, 3.05) is 13.6 Å². The van der Waals surface area contributed by atoms with Gasteiger partial charge in [-0.2, -0.15) is 4.98 Å². The van der Waals surface area contributed by atoms with Crippen molar-refractivity contribution in [3.63, 3.8) is 0 Å². The fraction of sp³-hybridized carbons (Fsp3) is 0.800. The smallest absolute Gasteiger partial charge is 0.240 e. The van der Waals surface area contributed by atoms with Gasteiger partial charge in [0.05, 0.1) is 12.6 Å². The third-order valence-electron chi connectivity index (χ3n) is 1.96. The number of aliphatic hydroxyl groups is 1. The highest BCUT2D eigenvalue weighted by Crippen LogP contribution is 2.03. The molecule has 1 aromatic rings. The summed E-state index contributed by atoms with van der Waals surface area (Å²) in [5, 5.41) is 13.0. The lowest BCUT2D eigenvalue weighted by atomic mass is 10.3. The van der Waals surface area contributed by atoms with E-state index in [9.17, 15) is 5.11 Å². The Labute approximate surface area is 90.1 Å². The first-order chi connectivity index (χ1) is 7.11. The van der Waals surface area contributed by atoms with Crippen molar-refractivity contribution < 1.29 is 9.63 Å². The van der Waals surface area contributed by atoms with Gasteiger partial charge in [0.15, 0.2) is 5.82 Å². The van der Waals surface area contributed by atoms with Gasteiger partial charge in [0.25, 0.3) is 0 Å². The van der Waals surface area contributed by atoms with Crippen LogP contribution in [-0.4, -0.2) is 39.8 Å². The Balaban J connectivity index is 2.42. The first-order valence-corrected chi connectivity index (χ1v) is 5.30. The van der Waals surface area contributed by atoms with E-state index in [-0.39, 0.29) is 6.10 Å². The number of aryl methyl sites for hydroxylation is 1. The largest absolute Gasteiger partial charge is 0.392 e. The van der Waals surface area contributed by atoms with Gasteiger partial charge in [0.2, 0.25) is 5.89 Å². The highest BCUT2D eigenvalue weighted by Gasteiger charge is 2.09. The molecule has 0 amide bonds. The molecule has 15 heavy (non-hydrogen) atoms. The molecule has 1 unspecified atom stereocenters. The molecule has 1 N–H and O–H groups in total. The third kappa shape index (κ3) is 4.40. The molecule has 0 aliphatic heterocycles. The summed E-state index contributed by atoms with van der Waals surface area (Å²) < 4.78 is 5.09. The standard InChI is InChI=1S/C10H19N3O2/c1-4-5-9-11-10(15-12-9)7-13(3)6-8(2)14/h8,14H,4-7H2,1-3H3. The monoisotopic (exact) mass is 213 g/mol. The second-order valence-corrected chi connectivity index (χ2v) is 3.90. The molecule has 86 valence electrons. The van der Waals surface area contributed by atoms with E-state index >= 15 is 0 Å². The number of rotatable bonds is 6. The van der Waals surface area contributed by atoms with Gasteiger partial charge in [-0.15, -0.1) is 0 Å². The Morgan fingerprint density at radius 1 is 1.53 bits per heavy atom. The molecule has 0 aromatic carbocycles. The van der Waals surface area contributed by atoms with Crippen LogP contribution in [0.5, 0.6) is 0 Å². The van der Waals surface area contributed by atoms with Crippen LogP contribution in [0.1, 0.15) is 32.0 Å². The average Bonchev–Trinajstić information content (AvgIpc) is 2.51. The van der Waals surface area contributed by atoms with Crippen LogP contribution in [0, 0.1) is 0 Å². The van der Waals surface area contributed by atoms with E-state index < -0.39 is 0 Å². The Morgan fingerprint density at radius 3 is 2.87 bits per heavy atom. The molecular formula is C10H19N3O2. The quantitative estimate of drug-likeness (QED) is 0.758. The molecule has 0 saturated carbocycles. The van der Waals surface area contributed by atoms with Gasteiger partial charge in [-0.3, -0.25) is 4.90 Å². The Hall–Kier alpha value is -0.940. The van der Waals surface area contributed by atoms with E-state index in [1.54, 1.807) is 6.92 Å². The maximum absolute atomic E-state index is 9.18. The maximum atomic E-state index is 9.18. The number of hydrogen-bond donors (Lipinski definition) is 1. The van der Waals surface area contributed by atoms with Gasteiger partial charge in [0.1, 0.15) is 0 Å². The number of aliphatic hydroxyl groups excluding tert-OH is 1. The summed E-state index contributed by atoms with van der Waals surface area (Å²) in [6.45, 7) is 5.02. The lowest BCUT2D eigenvalue weighted by Gasteiger charge is -2.15. The van der Waals surface area contributed by atoms with Gasteiger partial charge in [-0.05, 0) is 20.4 Å². The number of hydrogen-bond acceptors (Lipinski definition) is 5. The van der Waals surface area contributed by atoms with Crippen LogP contribution in [0.2, 0.25) is 0 Å². The summed E-state index contributed by atoms with van der Waals surface area (Å²) in [6.07, 6.45) is 1.53. The summed E-state index contributed by atoms with van der Waals surface area (Å²) >= 11 is 0. The zero-order valence-corrected chi connectivity index (χ0v) is 9.60. The molecule has 0 aliphatic carbocycles. The van der Waals surface area contributed by atoms with Crippen molar-refractivity contribution in [3.05, 3.63) is 11.7 Å². The molecule has 1 rings (SSSR count). The molecular weight excluding hydrogens is 194 g/mol. The summed E-state index contributed by atoms with van der Waals surface area (Å²) in [6, 6.07) is 0. The van der Waals surface area contributed by atoms with Crippen molar-refractivity contribution >= 4 is 0 Å². The number of nitrogens with zero attached hydrogens (tertiary/aromatic N) is 3. The van der Waals surface area contributed by atoms with Crippen molar-refractivity contribution in [1.29, 1.82) is 0 Å². The zero-order valence-electron chi connectivity index (χ0n) is 9.60. The normalized spacial score (nSPS) is 13.4. The summed E-state index contributed by atoms with van der Waals surface area (Å²) in [5.74, 6) is 1.37. The number of aromatic nitrogens is 2. The summed E-state index contributed by atoms with van der Waals surface area (Å²) in [7, 11) is 1.91. The van der Waals surface area contributed by atoms with Crippen molar-refractivity contribution in [1.82, 2.24) is 15.0 Å². The lowest BCUT2D eigenvalue weighted by Crippen LogP contribution is -2.26. The fourth-order valence-electron chi connectivity index (χ4n) is 1.43. The molecule has 5 heteroatoms. The molecule has 1 aromatic heterocycles. The molecule has 0 saturated heterocycles. The van der Waals surface area contributed by atoms with Crippen LogP contribution in [0.15, 0.2) is 4.52 Å². The minimum atomic E-state index is -0.340. The van der Waals surface area contributed by atoms with Crippen LogP contribution in [0.3, 0.4) is 0 Å². The van der Waals surface area contributed by atoms with Crippen LogP contribution in [-0.2, 0) is 13.0 Å². The van der Waals surface area contributed by atoms with Crippen molar-refractivity contribution in [3.8, 4) is 0 Å².